The minimum Gasteiger partial charge on any atom is -0.497 e. The fraction of sp³-hybridized carbons (Fsp3) is 0.316. The van der Waals surface area contributed by atoms with Gasteiger partial charge < -0.3 is 19.7 Å². The number of nitrogens with one attached hydrogen (secondary N) is 1. The van der Waals surface area contributed by atoms with E-state index in [1.165, 1.54) is 0 Å². The summed E-state index contributed by atoms with van der Waals surface area (Å²) in [6, 6.07) is 17.4. The van der Waals surface area contributed by atoms with Crippen molar-refractivity contribution in [2.45, 2.75) is 6.42 Å². The van der Waals surface area contributed by atoms with Crippen molar-refractivity contribution in [3.8, 4) is 11.5 Å². The summed E-state index contributed by atoms with van der Waals surface area (Å²) >= 11 is 0. The maximum atomic E-state index is 11.9. The van der Waals surface area contributed by atoms with Crippen LogP contribution in [0.25, 0.3) is 0 Å². The molecule has 0 spiro atoms. The number of para-hydroxylation sites is 1. The lowest BCUT2D eigenvalue weighted by molar-refractivity contribution is -0.121. The van der Waals surface area contributed by atoms with Gasteiger partial charge in [-0.05, 0) is 36.4 Å². The van der Waals surface area contributed by atoms with E-state index in [0.29, 0.717) is 26.1 Å². The number of ether oxygens (including phenoxy) is 2. The molecule has 2 aromatic carbocycles. The number of carbonyl (C=O) groups is 1. The van der Waals surface area contributed by atoms with Gasteiger partial charge in [0.05, 0.1) is 13.7 Å². The van der Waals surface area contributed by atoms with Crippen LogP contribution in [0, 0.1) is 0 Å². The molecule has 0 aliphatic carbocycles. The Hall–Kier alpha value is -2.69. The van der Waals surface area contributed by atoms with Crippen molar-refractivity contribution in [2.24, 2.45) is 0 Å². The number of hydrogen-bond acceptors (Lipinski definition) is 4. The van der Waals surface area contributed by atoms with Crippen LogP contribution in [0.3, 0.4) is 0 Å². The minimum absolute atomic E-state index is 0.0242. The topological polar surface area (TPSA) is 50.8 Å². The summed E-state index contributed by atoms with van der Waals surface area (Å²) in [4.78, 5) is 13.9. The molecule has 1 N–H and O–H groups in total. The van der Waals surface area contributed by atoms with Gasteiger partial charge in [-0.3, -0.25) is 4.79 Å². The molecule has 2 rings (SSSR count). The van der Waals surface area contributed by atoms with E-state index in [-0.39, 0.29) is 5.91 Å². The van der Waals surface area contributed by atoms with E-state index in [1.54, 1.807) is 7.11 Å². The third-order valence-electron chi connectivity index (χ3n) is 3.62. The van der Waals surface area contributed by atoms with Gasteiger partial charge in [0.1, 0.15) is 18.1 Å². The molecule has 2 aromatic rings. The normalized spacial score (nSPS) is 10.1. The van der Waals surface area contributed by atoms with Gasteiger partial charge in [0.25, 0.3) is 0 Å². The van der Waals surface area contributed by atoms with Crippen molar-refractivity contribution in [3.63, 3.8) is 0 Å². The second kappa shape index (κ2) is 9.45. The lowest BCUT2D eigenvalue weighted by atomic mass is 10.3. The van der Waals surface area contributed by atoms with Crippen LogP contribution in [0.2, 0.25) is 0 Å². The van der Waals surface area contributed by atoms with Gasteiger partial charge in [0.15, 0.2) is 0 Å². The molecule has 24 heavy (non-hydrogen) atoms. The van der Waals surface area contributed by atoms with Crippen LogP contribution in [0.15, 0.2) is 54.6 Å². The lowest BCUT2D eigenvalue weighted by Crippen LogP contribution is -2.31. The van der Waals surface area contributed by atoms with E-state index in [0.717, 1.165) is 17.2 Å². The highest BCUT2D eigenvalue weighted by molar-refractivity contribution is 5.76. The number of carbonyl (C=O) groups excluding carboxylic acids is 1. The number of methoxy groups -OCH3 is 1. The first-order valence-electron chi connectivity index (χ1n) is 7.99. The third-order valence-corrected chi connectivity index (χ3v) is 3.62. The molecule has 0 atom stereocenters. The van der Waals surface area contributed by atoms with E-state index >= 15 is 0 Å². The Labute approximate surface area is 143 Å². The zero-order valence-corrected chi connectivity index (χ0v) is 14.2. The molecule has 0 unspecified atom stereocenters. The van der Waals surface area contributed by atoms with Gasteiger partial charge in [-0.15, -0.1) is 0 Å². The second-order valence-electron chi connectivity index (χ2n) is 5.38. The summed E-state index contributed by atoms with van der Waals surface area (Å²) in [6.45, 7) is 1.60. The van der Waals surface area contributed by atoms with Gasteiger partial charge in [-0.1, -0.05) is 18.2 Å². The Bertz CT molecular complexity index is 614. The van der Waals surface area contributed by atoms with Crippen molar-refractivity contribution in [1.29, 1.82) is 0 Å². The molecule has 5 nitrogen and oxygen atoms in total. The van der Waals surface area contributed by atoms with Crippen LogP contribution in [0.1, 0.15) is 6.42 Å². The van der Waals surface area contributed by atoms with Crippen LogP contribution in [-0.2, 0) is 4.79 Å². The molecule has 5 heteroatoms. The van der Waals surface area contributed by atoms with Crippen LogP contribution in [-0.4, -0.2) is 39.8 Å². The summed E-state index contributed by atoms with van der Waals surface area (Å²) in [7, 11) is 3.61. The maximum Gasteiger partial charge on any atom is 0.221 e. The molecule has 0 heterocycles. The second-order valence-corrected chi connectivity index (χ2v) is 5.38. The smallest absolute Gasteiger partial charge is 0.221 e. The monoisotopic (exact) mass is 328 g/mol. The zero-order chi connectivity index (χ0) is 17.2. The Kier molecular flexibility index (Phi) is 6.95. The molecule has 0 fully saturated rings. The molecular formula is C19H24N2O3. The fourth-order valence-corrected chi connectivity index (χ4v) is 2.20. The Morgan fingerprint density at radius 2 is 1.71 bits per heavy atom. The molecule has 0 bridgehead atoms. The predicted octanol–water partition coefficient (Wildman–Crippen LogP) is 2.72. The van der Waals surface area contributed by atoms with E-state index in [2.05, 4.69) is 10.2 Å². The van der Waals surface area contributed by atoms with Crippen LogP contribution in [0.5, 0.6) is 11.5 Å². The van der Waals surface area contributed by atoms with Crippen molar-refractivity contribution >= 4 is 11.6 Å². The van der Waals surface area contributed by atoms with Gasteiger partial charge >= 0.3 is 0 Å². The summed E-state index contributed by atoms with van der Waals surface area (Å²) in [5.41, 5.74) is 1.10. The van der Waals surface area contributed by atoms with Gasteiger partial charge in [-0.25, -0.2) is 0 Å². The summed E-state index contributed by atoms with van der Waals surface area (Å²) in [5.74, 6) is 1.57. The number of hydrogen-bond donors (Lipinski definition) is 1. The molecule has 0 saturated carbocycles. The number of benzene rings is 2. The highest BCUT2D eigenvalue weighted by atomic mass is 16.5. The predicted molar refractivity (Wildman–Crippen MR) is 95.8 cm³/mol. The quantitative estimate of drug-likeness (QED) is 0.719. The number of nitrogens with zero attached hydrogens (tertiary/aromatic N) is 1. The molecule has 1 amide bonds. The molecule has 0 aliphatic rings. The highest BCUT2D eigenvalue weighted by Gasteiger charge is 2.05. The van der Waals surface area contributed by atoms with Crippen molar-refractivity contribution in [1.82, 2.24) is 5.32 Å². The standard InChI is InChI=1S/C19H24N2O3/c1-21(16-6-4-3-5-7-16)14-12-19(22)20-13-15-24-18-10-8-17(23-2)9-11-18/h3-11H,12-15H2,1-2H3,(H,20,22). The van der Waals surface area contributed by atoms with E-state index in [9.17, 15) is 4.79 Å². The molecule has 0 saturated heterocycles. The van der Waals surface area contributed by atoms with Gasteiger partial charge in [0, 0.05) is 25.7 Å². The third kappa shape index (κ3) is 5.83. The average molecular weight is 328 g/mol. The maximum absolute atomic E-state index is 11.9. The number of anilines is 1. The van der Waals surface area contributed by atoms with Crippen molar-refractivity contribution < 1.29 is 14.3 Å². The largest absolute Gasteiger partial charge is 0.497 e. The highest BCUT2D eigenvalue weighted by Crippen LogP contribution is 2.16. The first-order valence-corrected chi connectivity index (χ1v) is 7.99. The van der Waals surface area contributed by atoms with Crippen molar-refractivity contribution in [3.05, 3.63) is 54.6 Å². The van der Waals surface area contributed by atoms with Gasteiger partial charge in [0.2, 0.25) is 5.91 Å². The fourth-order valence-electron chi connectivity index (χ4n) is 2.20. The Morgan fingerprint density at radius 3 is 2.38 bits per heavy atom. The number of amides is 1. The van der Waals surface area contributed by atoms with Crippen LogP contribution < -0.4 is 19.7 Å². The lowest BCUT2D eigenvalue weighted by Gasteiger charge is -2.18. The van der Waals surface area contributed by atoms with Crippen LogP contribution in [0.4, 0.5) is 5.69 Å². The molecular weight excluding hydrogens is 304 g/mol. The Balaban J connectivity index is 1.61. The SMILES string of the molecule is COc1ccc(OCCNC(=O)CCN(C)c2ccccc2)cc1. The average Bonchev–Trinajstić information content (AvgIpc) is 2.64. The van der Waals surface area contributed by atoms with Crippen LogP contribution >= 0.6 is 0 Å². The summed E-state index contributed by atoms with van der Waals surface area (Å²) < 4.78 is 10.7. The first-order chi connectivity index (χ1) is 11.7. The first kappa shape index (κ1) is 17.7. The molecule has 128 valence electrons. The molecule has 0 radical (unpaired) electrons. The summed E-state index contributed by atoms with van der Waals surface area (Å²) in [5, 5.41) is 2.87. The van der Waals surface area contributed by atoms with E-state index in [1.807, 2.05) is 61.6 Å². The number of rotatable bonds is 9. The van der Waals surface area contributed by atoms with Gasteiger partial charge in [-0.2, -0.15) is 0 Å². The molecule has 0 aliphatic heterocycles. The van der Waals surface area contributed by atoms with E-state index in [4.69, 9.17) is 9.47 Å². The molecule has 0 aromatic heterocycles. The minimum atomic E-state index is 0.0242. The summed E-state index contributed by atoms with van der Waals surface area (Å²) in [6.07, 6.45) is 0.452. The Morgan fingerprint density at radius 1 is 1.04 bits per heavy atom. The van der Waals surface area contributed by atoms with E-state index < -0.39 is 0 Å². The zero-order valence-electron chi connectivity index (χ0n) is 14.2. The van der Waals surface area contributed by atoms with Crippen molar-refractivity contribution in [2.75, 3.05) is 38.8 Å².